The first kappa shape index (κ1) is 15.6. The molecule has 0 radical (unpaired) electrons. The summed E-state index contributed by atoms with van der Waals surface area (Å²) in [5.41, 5.74) is 2.11. The van der Waals surface area contributed by atoms with Gasteiger partial charge in [0.25, 0.3) is 0 Å². The van der Waals surface area contributed by atoms with Crippen LogP contribution in [0.5, 0.6) is 0 Å². The average molecular weight is 354 g/mol. The van der Waals surface area contributed by atoms with Crippen molar-refractivity contribution in [2.45, 2.75) is 33.7 Å². The van der Waals surface area contributed by atoms with Crippen LogP contribution in [0.1, 0.15) is 31.3 Å². The molecule has 0 aliphatic heterocycles. The summed E-state index contributed by atoms with van der Waals surface area (Å²) in [6.07, 6.45) is 2.77. The Morgan fingerprint density at radius 3 is 2.85 bits per heavy atom. The Hall–Kier alpha value is -0.780. The zero-order valence-electron chi connectivity index (χ0n) is 12.1. The fraction of sp³-hybridized carbons (Fsp3) is 0.467. The topological polar surface area (TPSA) is 37.8 Å². The van der Waals surface area contributed by atoms with E-state index in [1.165, 1.54) is 10.6 Å². The summed E-state index contributed by atoms with van der Waals surface area (Å²) < 4.78 is 0.998. The molecule has 20 heavy (non-hydrogen) atoms. The van der Waals surface area contributed by atoms with Crippen molar-refractivity contribution < 1.29 is 0 Å². The average Bonchev–Trinajstić information content (AvgIpc) is 2.82. The van der Waals surface area contributed by atoms with E-state index in [4.69, 9.17) is 4.98 Å². The zero-order chi connectivity index (χ0) is 14.5. The van der Waals surface area contributed by atoms with Crippen LogP contribution in [0.15, 0.2) is 22.8 Å². The van der Waals surface area contributed by atoms with Crippen molar-refractivity contribution >= 4 is 27.3 Å². The van der Waals surface area contributed by atoms with Gasteiger partial charge in [0, 0.05) is 22.1 Å². The third kappa shape index (κ3) is 3.87. The Labute approximate surface area is 133 Å². The fourth-order valence-corrected chi connectivity index (χ4v) is 3.62. The molecule has 0 fully saturated rings. The maximum Gasteiger partial charge on any atom is 0.143 e. The number of rotatable bonds is 6. The van der Waals surface area contributed by atoms with Crippen LogP contribution in [0.25, 0.3) is 10.7 Å². The Balaban J connectivity index is 2.20. The molecule has 5 heteroatoms. The van der Waals surface area contributed by atoms with E-state index < -0.39 is 0 Å². The molecule has 0 saturated heterocycles. The Kier molecular flexibility index (Phi) is 5.69. The predicted molar refractivity (Wildman–Crippen MR) is 89.0 cm³/mol. The van der Waals surface area contributed by atoms with E-state index >= 15 is 0 Å². The first-order valence-corrected chi connectivity index (χ1v) is 8.53. The number of hydrogen-bond acceptors (Lipinski definition) is 4. The van der Waals surface area contributed by atoms with Gasteiger partial charge in [-0.15, -0.1) is 11.3 Å². The molecular formula is C15H20BrN3S. The van der Waals surface area contributed by atoms with Crippen LogP contribution in [-0.4, -0.2) is 16.5 Å². The quantitative estimate of drug-likeness (QED) is 0.842. The number of nitrogens with one attached hydrogen (secondary N) is 1. The molecule has 2 rings (SSSR count). The molecule has 0 atom stereocenters. The van der Waals surface area contributed by atoms with Crippen LogP contribution in [-0.2, 0) is 13.0 Å². The first-order chi connectivity index (χ1) is 9.61. The monoisotopic (exact) mass is 353 g/mol. The van der Waals surface area contributed by atoms with Gasteiger partial charge in [0.15, 0.2) is 0 Å². The van der Waals surface area contributed by atoms with Crippen molar-refractivity contribution in [1.82, 2.24) is 15.3 Å². The molecule has 0 aromatic carbocycles. The van der Waals surface area contributed by atoms with Crippen molar-refractivity contribution in [3.8, 4) is 10.7 Å². The van der Waals surface area contributed by atoms with Gasteiger partial charge in [0.1, 0.15) is 10.7 Å². The van der Waals surface area contributed by atoms with Crippen LogP contribution < -0.4 is 5.32 Å². The summed E-state index contributed by atoms with van der Waals surface area (Å²) in [6.45, 7) is 8.51. The molecule has 0 spiro atoms. The first-order valence-electron chi connectivity index (χ1n) is 6.92. The van der Waals surface area contributed by atoms with Crippen molar-refractivity contribution in [3.63, 3.8) is 0 Å². The number of halogens is 1. The van der Waals surface area contributed by atoms with E-state index in [-0.39, 0.29) is 0 Å². The second kappa shape index (κ2) is 7.29. The Morgan fingerprint density at radius 1 is 1.40 bits per heavy atom. The number of thiazole rings is 1. The van der Waals surface area contributed by atoms with Crippen molar-refractivity contribution in [2.75, 3.05) is 6.54 Å². The lowest BCUT2D eigenvalue weighted by Gasteiger charge is -2.06. The lowest BCUT2D eigenvalue weighted by molar-refractivity contribution is 0.553. The van der Waals surface area contributed by atoms with Gasteiger partial charge in [0.2, 0.25) is 0 Å². The molecule has 0 amide bonds. The summed E-state index contributed by atoms with van der Waals surface area (Å²) in [5.74, 6) is 0.664. The van der Waals surface area contributed by atoms with Crippen LogP contribution in [0.3, 0.4) is 0 Å². The molecule has 3 nitrogen and oxygen atoms in total. The largest absolute Gasteiger partial charge is 0.312 e. The minimum Gasteiger partial charge on any atom is -0.312 e. The van der Waals surface area contributed by atoms with Crippen molar-refractivity contribution in [2.24, 2.45) is 5.92 Å². The van der Waals surface area contributed by atoms with E-state index in [2.05, 4.69) is 47.0 Å². The lowest BCUT2D eigenvalue weighted by Crippen LogP contribution is -2.18. The molecule has 0 aliphatic rings. The highest BCUT2D eigenvalue weighted by Gasteiger charge is 2.14. The summed E-state index contributed by atoms with van der Waals surface area (Å²) >= 11 is 5.29. The second-order valence-corrected chi connectivity index (χ2v) is 7.04. The smallest absolute Gasteiger partial charge is 0.143 e. The lowest BCUT2D eigenvalue weighted by atomic mass is 10.2. The maximum absolute atomic E-state index is 4.74. The molecule has 0 saturated carbocycles. The molecular weight excluding hydrogens is 334 g/mol. The standard InChI is InChI=1S/C15H20BrN3S/c1-4-12-13(9-17-8-10(2)3)20-15(19-12)14-11(16)6-5-7-18-14/h5-7,10,17H,4,8-9H2,1-3H3. The van der Waals surface area contributed by atoms with Crippen molar-refractivity contribution in [3.05, 3.63) is 33.4 Å². The molecule has 0 aliphatic carbocycles. The van der Waals surface area contributed by atoms with Gasteiger partial charge in [0.05, 0.1) is 5.69 Å². The summed E-state index contributed by atoms with van der Waals surface area (Å²) in [5, 5.41) is 4.49. The Bertz CT molecular complexity index is 566. The van der Waals surface area contributed by atoms with E-state index in [0.717, 1.165) is 34.7 Å². The minimum atomic E-state index is 0.664. The van der Waals surface area contributed by atoms with Gasteiger partial charge in [-0.3, -0.25) is 4.98 Å². The normalized spacial score (nSPS) is 11.2. The molecule has 108 valence electrons. The summed E-state index contributed by atoms with van der Waals surface area (Å²) in [6, 6.07) is 3.93. The molecule has 2 aromatic rings. The number of nitrogens with zero attached hydrogens (tertiary/aromatic N) is 2. The van der Waals surface area contributed by atoms with E-state index in [1.54, 1.807) is 11.3 Å². The molecule has 1 N–H and O–H groups in total. The van der Waals surface area contributed by atoms with E-state index in [1.807, 2.05) is 18.3 Å². The minimum absolute atomic E-state index is 0.664. The van der Waals surface area contributed by atoms with Gasteiger partial charge >= 0.3 is 0 Å². The van der Waals surface area contributed by atoms with Crippen LogP contribution in [0.2, 0.25) is 0 Å². The number of hydrogen-bond donors (Lipinski definition) is 1. The van der Waals surface area contributed by atoms with E-state index in [9.17, 15) is 0 Å². The SMILES string of the molecule is CCc1nc(-c2ncccc2Br)sc1CNCC(C)C. The van der Waals surface area contributed by atoms with Crippen LogP contribution in [0.4, 0.5) is 0 Å². The zero-order valence-corrected chi connectivity index (χ0v) is 14.5. The summed E-state index contributed by atoms with van der Waals surface area (Å²) in [4.78, 5) is 10.5. The molecule has 0 unspecified atom stereocenters. The molecule has 2 aromatic heterocycles. The van der Waals surface area contributed by atoms with Gasteiger partial charge in [-0.2, -0.15) is 0 Å². The van der Waals surface area contributed by atoms with Crippen LogP contribution in [0, 0.1) is 5.92 Å². The third-order valence-corrected chi connectivity index (χ3v) is 4.66. The second-order valence-electron chi connectivity index (χ2n) is 5.10. The maximum atomic E-state index is 4.74. The highest BCUT2D eigenvalue weighted by atomic mass is 79.9. The van der Waals surface area contributed by atoms with E-state index in [0.29, 0.717) is 5.92 Å². The highest BCUT2D eigenvalue weighted by molar-refractivity contribution is 9.10. The van der Waals surface area contributed by atoms with Crippen LogP contribution >= 0.6 is 27.3 Å². The Morgan fingerprint density at radius 2 is 2.20 bits per heavy atom. The van der Waals surface area contributed by atoms with Gasteiger partial charge < -0.3 is 5.32 Å². The van der Waals surface area contributed by atoms with Gasteiger partial charge in [-0.1, -0.05) is 20.8 Å². The van der Waals surface area contributed by atoms with Gasteiger partial charge in [-0.05, 0) is 46.9 Å². The van der Waals surface area contributed by atoms with Crippen molar-refractivity contribution in [1.29, 1.82) is 0 Å². The number of pyridine rings is 1. The fourth-order valence-electron chi connectivity index (χ4n) is 1.92. The third-order valence-electron chi connectivity index (χ3n) is 2.91. The molecule has 0 bridgehead atoms. The predicted octanol–water partition coefficient (Wildman–Crippen LogP) is 4.28. The van der Waals surface area contributed by atoms with Gasteiger partial charge in [-0.25, -0.2) is 4.98 Å². The number of aromatic nitrogens is 2. The summed E-state index contributed by atoms with van der Waals surface area (Å²) in [7, 11) is 0. The number of aryl methyl sites for hydroxylation is 1. The highest BCUT2D eigenvalue weighted by Crippen LogP contribution is 2.31. The molecule has 2 heterocycles.